The molecule has 0 radical (unpaired) electrons. The molecule has 0 saturated heterocycles. The molecule has 6 heteroatoms. The average molecular weight is 307 g/mol. The van der Waals surface area contributed by atoms with Crippen molar-refractivity contribution in [3.63, 3.8) is 0 Å². The number of ether oxygens (including phenoxy) is 2. The molecule has 0 bridgehead atoms. The summed E-state index contributed by atoms with van der Waals surface area (Å²) in [5.41, 5.74) is 1.28. The van der Waals surface area contributed by atoms with Crippen molar-refractivity contribution in [2.45, 2.75) is 6.54 Å². The van der Waals surface area contributed by atoms with Gasteiger partial charge in [-0.15, -0.1) is 0 Å². The molecule has 0 aliphatic carbocycles. The van der Waals surface area contributed by atoms with E-state index in [1.807, 2.05) is 0 Å². The molecule has 2 rings (SSSR count). The zero-order valence-electron chi connectivity index (χ0n) is 11.7. The number of benzene rings is 1. The van der Waals surface area contributed by atoms with E-state index in [9.17, 15) is 4.79 Å². The maximum absolute atomic E-state index is 12.2. The molecule has 1 amide bonds. The van der Waals surface area contributed by atoms with Crippen molar-refractivity contribution in [1.82, 2.24) is 10.3 Å². The van der Waals surface area contributed by atoms with Crippen LogP contribution in [-0.4, -0.2) is 25.1 Å². The van der Waals surface area contributed by atoms with E-state index in [1.54, 1.807) is 43.6 Å². The molecule has 2 aromatic rings. The van der Waals surface area contributed by atoms with Crippen molar-refractivity contribution in [1.29, 1.82) is 0 Å². The van der Waals surface area contributed by atoms with Gasteiger partial charge in [0.25, 0.3) is 5.91 Å². The Labute approximate surface area is 127 Å². The standard InChI is InChI=1S/C15H15ClN2O3/c1-20-13-4-3-11(16)8-12(13)15(19)18-9-10-5-6-17-14(7-10)21-2/h3-8H,9H2,1-2H3,(H,18,19). The number of aromatic nitrogens is 1. The van der Waals surface area contributed by atoms with Gasteiger partial charge in [-0.1, -0.05) is 11.6 Å². The van der Waals surface area contributed by atoms with E-state index in [0.29, 0.717) is 28.8 Å². The lowest BCUT2D eigenvalue weighted by atomic mass is 10.2. The first-order valence-corrected chi connectivity index (χ1v) is 6.62. The molecule has 1 heterocycles. The Bertz CT molecular complexity index is 647. The van der Waals surface area contributed by atoms with E-state index in [0.717, 1.165) is 5.56 Å². The highest BCUT2D eigenvalue weighted by atomic mass is 35.5. The molecule has 0 unspecified atom stereocenters. The highest BCUT2D eigenvalue weighted by Gasteiger charge is 2.12. The van der Waals surface area contributed by atoms with Crippen LogP contribution < -0.4 is 14.8 Å². The molecular weight excluding hydrogens is 292 g/mol. The molecule has 0 atom stereocenters. The lowest BCUT2D eigenvalue weighted by molar-refractivity contribution is 0.0948. The molecule has 5 nitrogen and oxygen atoms in total. The van der Waals surface area contributed by atoms with Crippen LogP contribution in [0.25, 0.3) is 0 Å². The van der Waals surface area contributed by atoms with Gasteiger partial charge < -0.3 is 14.8 Å². The predicted octanol–water partition coefficient (Wildman–Crippen LogP) is 2.68. The van der Waals surface area contributed by atoms with Crippen LogP contribution >= 0.6 is 11.6 Å². The molecule has 1 N–H and O–H groups in total. The third-order valence-electron chi connectivity index (χ3n) is 2.87. The van der Waals surface area contributed by atoms with E-state index < -0.39 is 0 Å². The summed E-state index contributed by atoms with van der Waals surface area (Å²) >= 11 is 5.91. The number of carbonyl (C=O) groups excluding carboxylic acids is 1. The van der Waals surface area contributed by atoms with Crippen LogP contribution in [-0.2, 0) is 6.54 Å². The third-order valence-corrected chi connectivity index (χ3v) is 3.10. The van der Waals surface area contributed by atoms with Gasteiger partial charge in [-0.2, -0.15) is 0 Å². The SMILES string of the molecule is COc1cc(CNC(=O)c2cc(Cl)ccc2OC)ccn1. The van der Waals surface area contributed by atoms with Gasteiger partial charge in [-0.3, -0.25) is 4.79 Å². The summed E-state index contributed by atoms with van der Waals surface area (Å²) in [6.45, 7) is 0.355. The van der Waals surface area contributed by atoms with Crippen LogP contribution in [0, 0.1) is 0 Å². The van der Waals surface area contributed by atoms with E-state index in [4.69, 9.17) is 21.1 Å². The molecule has 0 fully saturated rings. The molecular formula is C15H15ClN2O3. The first-order valence-electron chi connectivity index (χ1n) is 6.24. The minimum absolute atomic E-state index is 0.259. The number of halogens is 1. The minimum atomic E-state index is -0.259. The second-order valence-electron chi connectivity index (χ2n) is 4.23. The van der Waals surface area contributed by atoms with Gasteiger partial charge in [0.15, 0.2) is 0 Å². The molecule has 0 aliphatic heterocycles. The van der Waals surface area contributed by atoms with Gasteiger partial charge in [0.1, 0.15) is 5.75 Å². The summed E-state index contributed by atoms with van der Waals surface area (Å²) in [5.74, 6) is 0.719. The Morgan fingerprint density at radius 3 is 2.76 bits per heavy atom. The van der Waals surface area contributed by atoms with Crippen LogP contribution in [0.2, 0.25) is 5.02 Å². The van der Waals surface area contributed by atoms with E-state index >= 15 is 0 Å². The first-order chi connectivity index (χ1) is 10.1. The number of nitrogens with zero attached hydrogens (tertiary/aromatic N) is 1. The smallest absolute Gasteiger partial charge is 0.255 e. The van der Waals surface area contributed by atoms with Gasteiger partial charge in [0.2, 0.25) is 5.88 Å². The average Bonchev–Trinajstić information content (AvgIpc) is 2.52. The Hall–Kier alpha value is -2.27. The molecule has 0 aliphatic rings. The first kappa shape index (κ1) is 15.1. The van der Waals surface area contributed by atoms with Gasteiger partial charge in [-0.05, 0) is 29.8 Å². The molecule has 1 aromatic heterocycles. The van der Waals surface area contributed by atoms with Crippen molar-refractivity contribution in [3.05, 3.63) is 52.7 Å². The number of nitrogens with one attached hydrogen (secondary N) is 1. The number of hydrogen-bond acceptors (Lipinski definition) is 4. The van der Waals surface area contributed by atoms with Crippen molar-refractivity contribution in [3.8, 4) is 11.6 Å². The number of amides is 1. The van der Waals surface area contributed by atoms with E-state index in [2.05, 4.69) is 10.3 Å². The Morgan fingerprint density at radius 2 is 2.05 bits per heavy atom. The normalized spacial score (nSPS) is 10.0. The number of rotatable bonds is 5. The quantitative estimate of drug-likeness (QED) is 0.922. The number of carbonyl (C=O) groups is 1. The lowest BCUT2D eigenvalue weighted by Gasteiger charge is -2.10. The van der Waals surface area contributed by atoms with Crippen LogP contribution in [0.5, 0.6) is 11.6 Å². The summed E-state index contributed by atoms with van der Waals surface area (Å²) in [6, 6.07) is 8.47. The second-order valence-corrected chi connectivity index (χ2v) is 4.67. The van der Waals surface area contributed by atoms with Gasteiger partial charge >= 0.3 is 0 Å². The molecule has 110 valence electrons. The highest BCUT2D eigenvalue weighted by molar-refractivity contribution is 6.31. The van der Waals surface area contributed by atoms with Crippen molar-refractivity contribution >= 4 is 17.5 Å². The van der Waals surface area contributed by atoms with E-state index in [1.165, 1.54) is 7.11 Å². The molecule has 1 aromatic carbocycles. The predicted molar refractivity (Wildman–Crippen MR) is 80.0 cm³/mol. The highest BCUT2D eigenvalue weighted by Crippen LogP contribution is 2.22. The van der Waals surface area contributed by atoms with Crippen LogP contribution in [0.3, 0.4) is 0 Å². The maximum Gasteiger partial charge on any atom is 0.255 e. The zero-order valence-corrected chi connectivity index (χ0v) is 12.5. The number of pyridine rings is 1. The summed E-state index contributed by atoms with van der Waals surface area (Å²) in [7, 11) is 3.05. The van der Waals surface area contributed by atoms with E-state index in [-0.39, 0.29) is 5.91 Å². The Balaban J connectivity index is 2.09. The largest absolute Gasteiger partial charge is 0.496 e. The van der Waals surface area contributed by atoms with Gasteiger partial charge in [-0.25, -0.2) is 4.98 Å². The summed E-state index contributed by atoms with van der Waals surface area (Å²) in [4.78, 5) is 16.2. The van der Waals surface area contributed by atoms with Crippen molar-refractivity contribution in [2.75, 3.05) is 14.2 Å². The van der Waals surface area contributed by atoms with Crippen LogP contribution in [0.15, 0.2) is 36.5 Å². The van der Waals surface area contributed by atoms with Gasteiger partial charge in [0.05, 0.1) is 19.8 Å². The Morgan fingerprint density at radius 1 is 1.24 bits per heavy atom. The molecule has 0 spiro atoms. The number of hydrogen-bond donors (Lipinski definition) is 1. The summed E-state index contributed by atoms with van der Waals surface area (Å²) in [5, 5.41) is 3.29. The second kappa shape index (κ2) is 6.95. The van der Waals surface area contributed by atoms with Crippen molar-refractivity contribution in [2.24, 2.45) is 0 Å². The lowest BCUT2D eigenvalue weighted by Crippen LogP contribution is -2.23. The molecule has 21 heavy (non-hydrogen) atoms. The van der Waals surface area contributed by atoms with Gasteiger partial charge in [0, 0.05) is 23.8 Å². The fourth-order valence-corrected chi connectivity index (χ4v) is 1.98. The maximum atomic E-state index is 12.2. The fourth-order valence-electron chi connectivity index (χ4n) is 1.81. The van der Waals surface area contributed by atoms with Crippen LogP contribution in [0.1, 0.15) is 15.9 Å². The fraction of sp³-hybridized carbons (Fsp3) is 0.200. The van der Waals surface area contributed by atoms with Crippen molar-refractivity contribution < 1.29 is 14.3 Å². The van der Waals surface area contributed by atoms with Crippen LogP contribution in [0.4, 0.5) is 0 Å². The topological polar surface area (TPSA) is 60.5 Å². The molecule has 0 saturated carbocycles. The zero-order chi connectivity index (χ0) is 15.2. The Kier molecular flexibility index (Phi) is 5.00. The minimum Gasteiger partial charge on any atom is -0.496 e. The summed E-state index contributed by atoms with van der Waals surface area (Å²) < 4.78 is 10.2. The third kappa shape index (κ3) is 3.86. The monoisotopic (exact) mass is 306 g/mol. The summed E-state index contributed by atoms with van der Waals surface area (Å²) in [6.07, 6.45) is 1.63. The number of methoxy groups -OCH3 is 2.